The minimum Gasteiger partial charge on any atom is -0.508 e. The second-order valence-corrected chi connectivity index (χ2v) is 10.6. The number of likely N-dealkylation sites (N-methyl/N-ethyl adjacent to an activating group) is 2. The number of phenolic OH excluding ortho intramolecular Hbond substituents is 1. The first kappa shape index (κ1) is 27.1. The van der Waals surface area contributed by atoms with Crippen LogP contribution in [0.1, 0.15) is 50.3 Å². The summed E-state index contributed by atoms with van der Waals surface area (Å²) >= 11 is 0. The van der Waals surface area contributed by atoms with Crippen LogP contribution in [0.3, 0.4) is 0 Å². The van der Waals surface area contributed by atoms with Gasteiger partial charge in [-0.1, -0.05) is 36.4 Å². The molecular formula is C30H42N4O3. The molecule has 0 aliphatic heterocycles. The zero-order valence-electron chi connectivity index (χ0n) is 22.5. The Kier molecular flexibility index (Phi) is 7.95. The lowest BCUT2D eigenvalue weighted by molar-refractivity contribution is -0.134. The fourth-order valence-corrected chi connectivity index (χ4v) is 6.18. The van der Waals surface area contributed by atoms with Crippen molar-refractivity contribution in [3.8, 4) is 5.75 Å². The molecule has 7 heteroatoms. The molecule has 2 saturated carbocycles. The van der Waals surface area contributed by atoms with Crippen molar-refractivity contribution >= 4 is 11.8 Å². The van der Waals surface area contributed by atoms with Crippen molar-refractivity contribution in [3.63, 3.8) is 0 Å². The second kappa shape index (κ2) is 10.8. The molecule has 0 unspecified atom stereocenters. The summed E-state index contributed by atoms with van der Waals surface area (Å²) in [6.07, 6.45) is 2.28. The zero-order valence-corrected chi connectivity index (χ0v) is 22.5. The van der Waals surface area contributed by atoms with Crippen LogP contribution in [0, 0.1) is 11.8 Å². The number of aromatic hydroxyl groups is 1. The predicted octanol–water partition coefficient (Wildman–Crippen LogP) is 2.78. The summed E-state index contributed by atoms with van der Waals surface area (Å²) < 4.78 is 0. The van der Waals surface area contributed by atoms with E-state index in [-0.39, 0.29) is 29.4 Å². The number of rotatable bonds is 12. The van der Waals surface area contributed by atoms with Gasteiger partial charge >= 0.3 is 0 Å². The molecule has 4 rings (SSSR count). The summed E-state index contributed by atoms with van der Waals surface area (Å²) in [5, 5.41) is 9.71. The van der Waals surface area contributed by atoms with E-state index in [0.29, 0.717) is 39.3 Å². The minimum absolute atomic E-state index is 0.111. The van der Waals surface area contributed by atoms with Gasteiger partial charge in [-0.2, -0.15) is 0 Å². The molecule has 0 spiro atoms. The van der Waals surface area contributed by atoms with Gasteiger partial charge in [0, 0.05) is 26.2 Å². The van der Waals surface area contributed by atoms with Crippen LogP contribution in [0.4, 0.5) is 0 Å². The van der Waals surface area contributed by atoms with Gasteiger partial charge in [0.05, 0.1) is 10.8 Å². The molecule has 0 aromatic heterocycles. The molecule has 0 bridgehead atoms. The first-order valence-corrected chi connectivity index (χ1v) is 13.7. The fourth-order valence-electron chi connectivity index (χ4n) is 6.18. The van der Waals surface area contributed by atoms with Crippen LogP contribution in [-0.4, -0.2) is 66.0 Å². The summed E-state index contributed by atoms with van der Waals surface area (Å²) in [5.41, 5.74) is 14.0. The Morgan fingerprint density at radius 1 is 0.784 bits per heavy atom. The Balaban J connectivity index is 1.46. The van der Waals surface area contributed by atoms with Crippen LogP contribution in [0.5, 0.6) is 5.75 Å². The highest BCUT2D eigenvalue weighted by atomic mass is 16.3. The van der Waals surface area contributed by atoms with Crippen LogP contribution in [0.15, 0.2) is 48.5 Å². The Morgan fingerprint density at radius 3 is 1.62 bits per heavy atom. The van der Waals surface area contributed by atoms with Gasteiger partial charge in [0.2, 0.25) is 11.8 Å². The molecule has 7 nitrogen and oxygen atoms in total. The Hall–Kier alpha value is -2.90. The van der Waals surface area contributed by atoms with E-state index >= 15 is 0 Å². The number of carbonyl (C=O) groups excluding carboxylic acids is 2. The molecule has 2 fully saturated rings. The molecular weight excluding hydrogens is 464 g/mol. The van der Waals surface area contributed by atoms with Crippen molar-refractivity contribution in [2.75, 3.05) is 39.3 Å². The summed E-state index contributed by atoms with van der Waals surface area (Å²) in [4.78, 5) is 30.9. The van der Waals surface area contributed by atoms with Gasteiger partial charge < -0.3 is 26.4 Å². The van der Waals surface area contributed by atoms with Crippen molar-refractivity contribution in [1.82, 2.24) is 9.80 Å². The quantitative estimate of drug-likeness (QED) is 0.410. The SMILES string of the molecule is CCN(CC)C(=O)[C@]1(c2ccc(CCN(CC)C(=O)[C@]3(c4ccc(O)cc4)C[C@@H]3CN)cc2)C[C@H]1CN. The number of benzene rings is 2. The largest absolute Gasteiger partial charge is 0.508 e. The number of phenols is 1. The van der Waals surface area contributed by atoms with Gasteiger partial charge in [-0.3, -0.25) is 9.59 Å². The lowest BCUT2D eigenvalue weighted by Crippen LogP contribution is -2.42. The van der Waals surface area contributed by atoms with Gasteiger partial charge in [0.25, 0.3) is 0 Å². The summed E-state index contributed by atoms with van der Waals surface area (Å²) in [7, 11) is 0. The van der Waals surface area contributed by atoms with Crippen LogP contribution in [0.25, 0.3) is 0 Å². The first-order valence-electron chi connectivity index (χ1n) is 13.7. The van der Waals surface area contributed by atoms with E-state index in [1.807, 2.05) is 42.7 Å². The summed E-state index contributed by atoms with van der Waals surface area (Å²) in [5.74, 6) is 0.787. The molecule has 0 heterocycles. The van der Waals surface area contributed by atoms with Crippen molar-refractivity contribution < 1.29 is 14.7 Å². The van der Waals surface area contributed by atoms with Gasteiger partial charge in [-0.05, 0) is 93.8 Å². The normalized spacial score (nSPS) is 26.0. The Morgan fingerprint density at radius 2 is 1.22 bits per heavy atom. The lowest BCUT2D eigenvalue weighted by atomic mass is 9.90. The molecule has 2 amide bonds. The maximum absolute atomic E-state index is 13.7. The van der Waals surface area contributed by atoms with E-state index in [0.717, 1.165) is 36.0 Å². The molecule has 2 aromatic carbocycles. The average Bonchev–Trinajstić information content (AvgIpc) is 3.84. The van der Waals surface area contributed by atoms with Gasteiger partial charge in [-0.25, -0.2) is 0 Å². The third-order valence-corrected chi connectivity index (χ3v) is 8.78. The van der Waals surface area contributed by atoms with Crippen LogP contribution < -0.4 is 11.5 Å². The third-order valence-electron chi connectivity index (χ3n) is 8.78. The van der Waals surface area contributed by atoms with Crippen molar-refractivity contribution in [2.24, 2.45) is 23.3 Å². The number of nitrogens with two attached hydrogens (primary N) is 2. The Bertz CT molecular complexity index is 1100. The fraction of sp³-hybridized carbons (Fsp3) is 0.533. The molecule has 4 atom stereocenters. The molecule has 2 aliphatic rings. The number of hydrogen-bond acceptors (Lipinski definition) is 5. The highest BCUT2D eigenvalue weighted by Gasteiger charge is 2.62. The van der Waals surface area contributed by atoms with Gasteiger partial charge in [0.15, 0.2) is 0 Å². The lowest BCUT2D eigenvalue weighted by Gasteiger charge is -2.28. The van der Waals surface area contributed by atoms with Crippen LogP contribution in [-0.2, 0) is 26.8 Å². The monoisotopic (exact) mass is 506 g/mol. The number of nitrogens with zero attached hydrogens (tertiary/aromatic N) is 2. The van der Waals surface area contributed by atoms with Gasteiger partial charge in [-0.15, -0.1) is 0 Å². The molecule has 200 valence electrons. The number of hydrogen-bond donors (Lipinski definition) is 3. The number of amides is 2. The summed E-state index contributed by atoms with van der Waals surface area (Å²) in [6.45, 7) is 9.64. The minimum atomic E-state index is -0.595. The maximum Gasteiger partial charge on any atom is 0.233 e. The van der Waals surface area contributed by atoms with Crippen molar-refractivity contribution in [1.29, 1.82) is 0 Å². The molecule has 37 heavy (non-hydrogen) atoms. The highest BCUT2D eigenvalue weighted by Crippen LogP contribution is 2.56. The Labute approximate surface area is 220 Å². The average molecular weight is 507 g/mol. The van der Waals surface area contributed by atoms with E-state index in [9.17, 15) is 14.7 Å². The number of carbonyl (C=O) groups is 2. The van der Waals surface area contributed by atoms with E-state index in [2.05, 4.69) is 24.3 Å². The molecule has 2 aromatic rings. The van der Waals surface area contributed by atoms with Crippen LogP contribution in [0.2, 0.25) is 0 Å². The standard InChI is InChI=1S/C30H42N4O3/c1-4-33(5-2)27(36)29(17-24(29)19-31)22-9-7-21(8-10-22)15-16-34(6-3)28(37)30(18-25(30)20-32)23-11-13-26(35)14-12-23/h7-14,24-25,35H,4-6,15-20,31-32H2,1-3H3/t24-,25+,29-,30-/m0/s1. The molecule has 2 aliphatic carbocycles. The first-order chi connectivity index (χ1) is 17.8. The molecule has 0 radical (unpaired) electrons. The van der Waals surface area contributed by atoms with E-state index in [1.165, 1.54) is 0 Å². The van der Waals surface area contributed by atoms with Crippen LogP contribution >= 0.6 is 0 Å². The van der Waals surface area contributed by atoms with E-state index in [1.54, 1.807) is 12.1 Å². The topological polar surface area (TPSA) is 113 Å². The zero-order chi connectivity index (χ0) is 26.8. The summed E-state index contributed by atoms with van der Waals surface area (Å²) in [6, 6.07) is 15.3. The smallest absolute Gasteiger partial charge is 0.233 e. The van der Waals surface area contributed by atoms with Crippen molar-refractivity contribution in [3.05, 3.63) is 65.2 Å². The second-order valence-electron chi connectivity index (χ2n) is 10.6. The third kappa shape index (κ3) is 4.75. The molecule has 0 saturated heterocycles. The van der Waals surface area contributed by atoms with Gasteiger partial charge in [0.1, 0.15) is 5.75 Å². The van der Waals surface area contributed by atoms with E-state index in [4.69, 9.17) is 11.5 Å². The van der Waals surface area contributed by atoms with E-state index < -0.39 is 10.8 Å². The maximum atomic E-state index is 13.7. The predicted molar refractivity (Wildman–Crippen MR) is 146 cm³/mol. The molecule has 5 N–H and O–H groups in total. The highest BCUT2D eigenvalue weighted by molar-refractivity contribution is 5.93. The van der Waals surface area contributed by atoms with Crippen molar-refractivity contribution in [2.45, 2.75) is 50.9 Å².